The number of H-pyrrole nitrogens is 1. The Hall–Kier alpha value is -3.39. The Morgan fingerprint density at radius 1 is 1.23 bits per heavy atom. The molecule has 0 atom stereocenters. The number of hydrogen-bond donors (Lipinski definition) is 3. The number of pyridine rings is 1. The monoisotopic (exact) mass is 367 g/mol. The number of aromatic amines is 1. The third kappa shape index (κ3) is 2.66. The van der Waals surface area contributed by atoms with Crippen LogP contribution < -0.4 is 10.7 Å². The van der Waals surface area contributed by atoms with Crippen molar-refractivity contribution in [3.8, 4) is 5.75 Å². The van der Waals surface area contributed by atoms with E-state index in [9.17, 15) is 20.0 Å². The van der Waals surface area contributed by atoms with Crippen LogP contribution in [-0.4, -0.2) is 15.0 Å². The fraction of sp³-hybridized carbons (Fsp3) is 0.0556. The third-order valence-electron chi connectivity index (χ3n) is 4.15. The van der Waals surface area contributed by atoms with E-state index in [1.165, 1.54) is 30.3 Å². The molecule has 0 aliphatic rings. The Kier molecular flexibility index (Phi) is 3.81. The van der Waals surface area contributed by atoms with E-state index in [-0.39, 0.29) is 33.2 Å². The van der Waals surface area contributed by atoms with Gasteiger partial charge in [0, 0.05) is 28.6 Å². The summed E-state index contributed by atoms with van der Waals surface area (Å²) in [6.07, 6.45) is 0. The van der Waals surface area contributed by atoms with Crippen molar-refractivity contribution in [2.45, 2.75) is 6.54 Å². The number of fused-ring (bicyclic) bond motifs is 2. The van der Waals surface area contributed by atoms with Crippen molar-refractivity contribution in [3.63, 3.8) is 0 Å². The highest BCUT2D eigenvalue weighted by molar-refractivity contribution is 7.09. The fourth-order valence-electron chi connectivity index (χ4n) is 2.95. The summed E-state index contributed by atoms with van der Waals surface area (Å²) in [7, 11) is 0. The van der Waals surface area contributed by atoms with Gasteiger partial charge in [-0.05, 0) is 35.7 Å². The van der Waals surface area contributed by atoms with E-state index in [2.05, 4.69) is 10.3 Å². The highest BCUT2D eigenvalue weighted by atomic mass is 32.1. The number of nitrogens with one attached hydrogen (secondary N) is 2. The van der Waals surface area contributed by atoms with Crippen LogP contribution in [-0.2, 0) is 6.54 Å². The molecule has 7 nitrogen and oxygen atoms in total. The molecule has 0 aliphatic carbocycles. The average molecular weight is 367 g/mol. The lowest BCUT2D eigenvalue weighted by Crippen LogP contribution is -2.09. The number of non-ortho nitro benzene ring substituents is 1. The first kappa shape index (κ1) is 16.1. The van der Waals surface area contributed by atoms with Crippen LogP contribution in [0.4, 0.5) is 11.4 Å². The van der Waals surface area contributed by atoms with Crippen molar-refractivity contribution >= 4 is 44.5 Å². The molecule has 4 aromatic rings. The molecule has 0 amide bonds. The minimum Gasteiger partial charge on any atom is -0.508 e. The standard InChI is InChI=1S/C18H13N3O4S/c22-10-3-4-13-12(8-10)18(23)16-14(19-9-11-2-1-7-26-11)5-6-15(21(24)25)17(16)20-13/h1-8,19,22H,9H2,(H,20,23). The zero-order chi connectivity index (χ0) is 18.3. The number of thiophene rings is 1. The molecular weight excluding hydrogens is 354 g/mol. The first-order chi connectivity index (χ1) is 12.5. The number of aromatic hydroxyl groups is 1. The normalized spacial score (nSPS) is 11.1. The molecule has 0 aliphatic heterocycles. The number of anilines is 1. The molecule has 0 saturated heterocycles. The smallest absolute Gasteiger partial charge is 0.293 e. The Morgan fingerprint density at radius 3 is 2.81 bits per heavy atom. The summed E-state index contributed by atoms with van der Waals surface area (Å²) < 4.78 is 0. The predicted molar refractivity (Wildman–Crippen MR) is 102 cm³/mol. The van der Waals surface area contributed by atoms with Gasteiger partial charge in [0.05, 0.1) is 15.8 Å². The molecular formula is C18H13N3O4S. The summed E-state index contributed by atoms with van der Waals surface area (Å²) >= 11 is 1.57. The van der Waals surface area contributed by atoms with Crippen molar-refractivity contribution in [1.29, 1.82) is 0 Å². The van der Waals surface area contributed by atoms with Gasteiger partial charge in [0.15, 0.2) is 5.43 Å². The van der Waals surface area contributed by atoms with Crippen molar-refractivity contribution < 1.29 is 10.0 Å². The summed E-state index contributed by atoms with van der Waals surface area (Å²) in [4.78, 5) is 27.9. The number of benzene rings is 2. The second-order valence-corrected chi connectivity index (χ2v) is 6.79. The Labute approximate surface area is 150 Å². The molecule has 0 radical (unpaired) electrons. The molecule has 2 aromatic heterocycles. The second kappa shape index (κ2) is 6.16. The largest absolute Gasteiger partial charge is 0.508 e. The Balaban J connectivity index is 1.98. The summed E-state index contributed by atoms with van der Waals surface area (Å²) in [5.74, 6) is -0.0409. The molecule has 3 N–H and O–H groups in total. The molecule has 26 heavy (non-hydrogen) atoms. The zero-order valence-corrected chi connectivity index (χ0v) is 14.2. The van der Waals surface area contributed by atoms with Gasteiger partial charge in [-0.2, -0.15) is 0 Å². The minimum atomic E-state index is -0.520. The lowest BCUT2D eigenvalue weighted by atomic mass is 10.1. The first-order valence-electron chi connectivity index (χ1n) is 7.77. The van der Waals surface area contributed by atoms with Gasteiger partial charge in [0.1, 0.15) is 11.3 Å². The molecule has 4 rings (SSSR count). The quantitative estimate of drug-likeness (QED) is 0.287. The van der Waals surface area contributed by atoms with Crippen LogP contribution >= 0.6 is 11.3 Å². The highest BCUT2D eigenvalue weighted by Gasteiger charge is 2.19. The van der Waals surface area contributed by atoms with Gasteiger partial charge in [-0.3, -0.25) is 14.9 Å². The summed E-state index contributed by atoms with van der Waals surface area (Å²) in [6, 6.07) is 11.1. The van der Waals surface area contributed by atoms with Crippen molar-refractivity contribution in [2.75, 3.05) is 5.32 Å². The van der Waals surface area contributed by atoms with Crippen molar-refractivity contribution in [1.82, 2.24) is 4.98 Å². The fourth-order valence-corrected chi connectivity index (χ4v) is 3.59. The topological polar surface area (TPSA) is 108 Å². The van der Waals surface area contributed by atoms with E-state index in [1.807, 2.05) is 17.5 Å². The third-order valence-corrected chi connectivity index (χ3v) is 5.02. The van der Waals surface area contributed by atoms with E-state index in [0.29, 0.717) is 17.7 Å². The molecule has 0 bridgehead atoms. The maximum absolute atomic E-state index is 13.0. The van der Waals surface area contributed by atoms with Crippen LogP contribution in [0.5, 0.6) is 5.75 Å². The number of phenolic OH excluding ortho intramolecular Hbond substituents is 1. The van der Waals surface area contributed by atoms with Crippen LogP contribution in [0.15, 0.2) is 52.6 Å². The lowest BCUT2D eigenvalue weighted by molar-refractivity contribution is -0.383. The number of phenols is 1. The number of nitrogens with zero attached hydrogens (tertiary/aromatic N) is 1. The van der Waals surface area contributed by atoms with E-state index in [4.69, 9.17) is 0 Å². The average Bonchev–Trinajstić information content (AvgIpc) is 3.13. The predicted octanol–water partition coefficient (Wildman–Crippen LogP) is 3.97. The maximum Gasteiger partial charge on any atom is 0.293 e. The lowest BCUT2D eigenvalue weighted by Gasteiger charge is -2.10. The number of nitro groups is 1. The number of rotatable bonds is 4. The second-order valence-electron chi connectivity index (χ2n) is 5.76. The molecule has 130 valence electrons. The van der Waals surface area contributed by atoms with Gasteiger partial charge in [0.25, 0.3) is 5.69 Å². The highest BCUT2D eigenvalue weighted by Crippen LogP contribution is 2.31. The van der Waals surface area contributed by atoms with E-state index in [1.54, 1.807) is 11.3 Å². The van der Waals surface area contributed by atoms with Gasteiger partial charge in [-0.25, -0.2) is 0 Å². The number of nitro benzene ring substituents is 1. The van der Waals surface area contributed by atoms with Crippen LogP contribution in [0, 0.1) is 10.1 Å². The van der Waals surface area contributed by atoms with E-state index >= 15 is 0 Å². The van der Waals surface area contributed by atoms with Gasteiger partial charge >= 0.3 is 0 Å². The van der Waals surface area contributed by atoms with Gasteiger partial charge in [-0.1, -0.05) is 6.07 Å². The Bertz CT molecular complexity index is 1200. The van der Waals surface area contributed by atoms with Crippen LogP contribution in [0.3, 0.4) is 0 Å². The summed E-state index contributed by atoms with van der Waals surface area (Å²) in [6.45, 7) is 0.502. The maximum atomic E-state index is 13.0. The Morgan fingerprint density at radius 2 is 2.08 bits per heavy atom. The minimum absolute atomic E-state index is 0.0409. The van der Waals surface area contributed by atoms with Gasteiger partial charge in [-0.15, -0.1) is 11.3 Å². The molecule has 0 spiro atoms. The molecule has 0 saturated carbocycles. The number of aromatic nitrogens is 1. The van der Waals surface area contributed by atoms with Crippen LogP contribution in [0.1, 0.15) is 4.88 Å². The van der Waals surface area contributed by atoms with E-state index in [0.717, 1.165) is 4.88 Å². The van der Waals surface area contributed by atoms with E-state index < -0.39 is 4.92 Å². The first-order valence-corrected chi connectivity index (χ1v) is 8.65. The summed E-state index contributed by atoms with van der Waals surface area (Å²) in [5.41, 5.74) is 0.550. The van der Waals surface area contributed by atoms with Crippen LogP contribution in [0.25, 0.3) is 21.8 Å². The summed E-state index contributed by atoms with van der Waals surface area (Å²) in [5, 5.41) is 26.7. The van der Waals surface area contributed by atoms with Gasteiger partial charge < -0.3 is 15.4 Å². The van der Waals surface area contributed by atoms with Gasteiger partial charge in [0.2, 0.25) is 0 Å². The van der Waals surface area contributed by atoms with Crippen molar-refractivity contribution in [2.24, 2.45) is 0 Å². The molecule has 0 unspecified atom stereocenters. The van der Waals surface area contributed by atoms with Crippen LogP contribution in [0.2, 0.25) is 0 Å². The molecule has 2 heterocycles. The molecule has 0 fully saturated rings. The molecule has 2 aromatic carbocycles. The SMILES string of the molecule is O=c1c2cc(O)ccc2[nH]c2c([N+](=O)[O-])ccc(NCc3cccs3)c12. The zero-order valence-electron chi connectivity index (χ0n) is 13.4. The molecule has 8 heteroatoms. The van der Waals surface area contributed by atoms with Crippen molar-refractivity contribution in [3.05, 3.63) is 73.1 Å². The number of hydrogen-bond acceptors (Lipinski definition) is 6.